The molecule has 2 amide bonds. The zero-order valence-electron chi connectivity index (χ0n) is 24.1. The van der Waals surface area contributed by atoms with Gasteiger partial charge in [-0.3, -0.25) is 24.6 Å². The second-order valence-corrected chi connectivity index (χ2v) is 10.8. The number of aliphatic hydroxyl groups excluding tert-OH is 1. The van der Waals surface area contributed by atoms with E-state index in [1.165, 1.54) is 6.92 Å². The lowest BCUT2D eigenvalue weighted by Crippen LogP contribution is -2.44. The van der Waals surface area contributed by atoms with Crippen molar-refractivity contribution in [3.63, 3.8) is 0 Å². The van der Waals surface area contributed by atoms with E-state index < -0.39 is 6.10 Å². The van der Waals surface area contributed by atoms with Crippen LogP contribution in [0, 0.1) is 0 Å². The first-order chi connectivity index (χ1) is 20.9. The minimum Gasteiger partial charge on any atom is -0.478 e. The molecule has 1 atom stereocenters. The minimum atomic E-state index is -1.05. The Morgan fingerprint density at radius 3 is 2.53 bits per heavy atom. The van der Waals surface area contributed by atoms with E-state index in [1.807, 2.05) is 18.2 Å². The number of nitrogens with zero attached hydrogens (tertiary/aromatic N) is 5. The Labute approximate surface area is 248 Å². The van der Waals surface area contributed by atoms with Crippen molar-refractivity contribution in [1.82, 2.24) is 29.9 Å². The van der Waals surface area contributed by atoms with Crippen molar-refractivity contribution >= 4 is 33.8 Å². The van der Waals surface area contributed by atoms with E-state index in [-0.39, 0.29) is 23.4 Å². The number of fused-ring (bicyclic) bond motifs is 3. The van der Waals surface area contributed by atoms with Gasteiger partial charge < -0.3 is 19.3 Å². The van der Waals surface area contributed by atoms with Gasteiger partial charge in [-0.05, 0) is 56.9 Å². The molecule has 1 fully saturated rings. The summed E-state index contributed by atoms with van der Waals surface area (Å²) in [6.45, 7) is 2.90. The maximum Gasteiger partial charge on any atom is 0.251 e. The van der Waals surface area contributed by atoms with Crippen LogP contribution in [-0.4, -0.2) is 72.3 Å². The van der Waals surface area contributed by atoms with E-state index in [9.17, 15) is 19.5 Å². The van der Waals surface area contributed by atoms with Gasteiger partial charge in [0.25, 0.3) is 11.5 Å². The molecule has 1 aliphatic heterocycles. The molecule has 5 heterocycles. The summed E-state index contributed by atoms with van der Waals surface area (Å²) in [5.41, 5.74) is 4.98. The molecule has 0 aromatic carbocycles. The van der Waals surface area contributed by atoms with Crippen LogP contribution >= 0.6 is 0 Å². The first-order valence-corrected chi connectivity index (χ1v) is 14.7. The van der Waals surface area contributed by atoms with Gasteiger partial charge in [0.15, 0.2) is 0 Å². The number of aliphatic hydroxyl groups is 1. The topological polar surface area (TPSA) is 160 Å². The summed E-state index contributed by atoms with van der Waals surface area (Å²) in [5.74, 6) is -0.161. The molecule has 0 radical (unpaired) electrons. The predicted octanol–water partition coefficient (Wildman–Crippen LogP) is 3.39. The molecule has 0 aliphatic carbocycles. The molecule has 5 rings (SSSR count). The van der Waals surface area contributed by atoms with Crippen LogP contribution in [-0.2, 0) is 9.59 Å². The van der Waals surface area contributed by atoms with Gasteiger partial charge >= 0.3 is 0 Å². The van der Waals surface area contributed by atoms with E-state index >= 15 is 0 Å². The number of rotatable bonds is 11. The van der Waals surface area contributed by atoms with Crippen LogP contribution in [0.2, 0.25) is 0 Å². The Hall–Kier alpha value is -4.42. The Balaban J connectivity index is 1.32. The number of carbonyl (C=O) groups excluding carboxylic acids is 2. The lowest BCUT2D eigenvalue weighted by Gasteiger charge is -2.34. The fourth-order valence-corrected chi connectivity index (χ4v) is 5.52. The smallest absolute Gasteiger partial charge is 0.251 e. The quantitative estimate of drug-likeness (QED) is 0.103. The van der Waals surface area contributed by atoms with Gasteiger partial charge in [-0.1, -0.05) is 12.8 Å². The van der Waals surface area contributed by atoms with Crippen molar-refractivity contribution in [2.45, 2.75) is 64.0 Å². The van der Waals surface area contributed by atoms with E-state index in [0.29, 0.717) is 73.5 Å². The number of ether oxygens (including phenoxy) is 1. The second kappa shape index (κ2) is 13.7. The van der Waals surface area contributed by atoms with Crippen LogP contribution in [0.4, 0.5) is 0 Å². The SMILES string of the molecule is C[C@@H](O)C(=O)N1CCC(n2c(=O)ccc3cnc4ccc(-c5ccc(OCCCCCCC(=O)NO)nc5)nc4c32)CC1. The summed E-state index contributed by atoms with van der Waals surface area (Å²) >= 11 is 0. The largest absolute Gasteiger partial charge is 0.478 e. The number of unbranched alkanes of at least 4 members (excludes halogenated alkanes) is 3. The van der Waals surface area contributed by atoms with Crippen LogP contribution in [0.1, 0.15) is 57.9 Å². The third-order valence-electron chi connectivity index (χ3n) is 7.80. The number of piperidine rings is 1. The van der Waals surface area contributed by atoms with Crippen molar-refractivity contribution in [3.8, 4) is 17.1 Å². The number of pyridine rings is 4. The molecule has 4 aromatic rings. The molecule has 12 nitrogen and oxygen atoms in total. The molecule has 4 aromatic heterocycles. The highest BCUT2D eigenvalue weighted by Crippen LogP contribution is 2.30. The molecule has 12 heteroatoms. The number of nitrogens with one attached hydrogen (secondary N) is 1. The van der Waals surface area contributed by atoms with Crippen molar-refractivity contribution in [2.24, 2.45) is 0 Å². The van der Waals surface area contributed by atoms with Crippen LogP contribution in [0.15, 0.2) is 53.6 Å². The highest BCUT2D eigenvalue weighted by Gasteiger charge is 2.27. The van der Waals surface area contributed by atoms with Gasteiger partial charge in [0, 0.05) is 61.0 Å². The van der Waals surface area contributed by atoms with Gasteiger partial charge in [0.1, 0.15) is 11.6 Å². The fourth-order valence-electron chi connectivity index (χ4n) is 5.52. The van der Waals surface area contributed by atoms with Crippen LogP contribution < -0.4 is 15.8 Å². The molecule has 0 bridgehead atoms. The van der Waals surface area contributed by atoms with Crippen molar-refractivity contribution < 1.29 is 24.6 Å². The molecule has 1 saturated heterocycles. The van der Waals surface area contributed by atoms with Gasteiger partial charge in [-0.2, -0.15) is 0 Å². The maximum atomic E-state index is 13.2. The van der Waals surface area contributed by atoms with E-state index in [1.54, 1.807) is 45.5 Å². The third kappa shape index (κ3) is 6.98. The van der Waals surface area contributed by atoms with Gasteiger partial charge in [0.05, 0.1) is 23.3 Å². The third-order valence-corrected chi connectivity index (χ3v) is 7.80. The number of hydroxylamine groups is 1. The second-order valence-electron chi connectivity index (χ2n) is 10.8. The van der Waals surface area contributed by atoms with Crippen LogP contribution in [0.25, 0.3) is 33.2 Å². The summed E-state index contributed by atoms with van der Waals surface area (Å²) in [6.07, 6.45) is 7.21. The number of hydrogen-bond donors (Lipinski definition) is 3. The molecule has 0 spiro atoms. The summed E-state index contributed by atoms with van der Waals surface area (Å²) in [4.78, 5) is 52.2. The van der Waals surface area contributed by atoms with Crippen LogP contribution in [0.5, 0.6) is 5.88 Å². The summed E-state index contributed by atoms with van der Waals surface area (Å²) in [7, 11) is 0. The van der Waals surface area contributed by atoms with E-state index in [4.69, 9.17) is 14.9 Å². The minimum absolute atomic E-state index is 0.122. The van der Waals surface area contributed by atoms with Gasteiger partial charge in [-0.25, -0.2) is 15.4 Å². The molecule has 1 aliphatic rings. The predicted molar refractivity (Wildman–Crippen MR) is 160 cm³/mol. The molecule has 43 heavy (non-hydrogen) atoms. The Morgan fingerprint density at radius 2 is 1.81 bits per heavy atom. The van der Waals surface area contributed by atoms with E-state index in [2.05, 4.69) is 9.97 Å². The molecule has 3 N–H and O–H groups in total. The summed E-state index contributed by atoms with van der Waals surface area (Å²) < 4.78 is 7.56. The Kier molecular flexibility index (Phi) is 9.58. The average molecular weight is 589 g/mol. The molecule has 0 saturated carbocycles. The number of aromatic nitrogens is 4. The lowest BCUT2D eigenvalue weighted by molar-refractivity contribution is -0.140. The normalized spacial score (nSPS) is 14.6. The standard InChI is InChI=1S/C31H36N6O6/c1-20(38)31(41)36-15-13-23(14-16-36)37-28(40)12-8-22-19-32-25-10-9-24(34-29(25)30(22)37)21-7-11-27(33-18-21)43-17-5-3-2-4-6-26(39)35-42/h7-12,18-20,23,38,42H,2-6,13-17H2,1H3,(H,35,39)/t20-/m1/s1. The number of hydrogen-bond acceptors (Lipinski definition) is 9. The molecule has 226 valence electrons. The number of amides is 2. The maximum absolute atomic E-state index is 13.2. The van der Waals surface area contributed by atoms with Crippen molar-refractivity contribution in [2.75, 3.05) is 19.7 Å². The van der Waals surface area contributed by atoms with Crippen molar-refractivity contribution in [3.05, 3.63) is 59.1 Å². The number of carbonyl (C=O) groups is 2. The summed E-state index contributed by atoms with van der Waals surface area (Å²) in [5, 5.41) is 19.0. The first kappa shape index (κ1) is 30.1. The van der Waals surface area contributed by atoms with Crippen molar-refractivity contribution in [1.29, 1.82) is 0 Å². The zero-order chi connectivity index (χ0) is 30.3. The molecular formula is C31H36N6O6. The Morgan fingerprint density at radius 1 is 1.02 bits per heavy atom. The highest BCUT2D eigenvalue weighted by atomic mass is 16.5. The van der Waals surface area contributed by atoms with Crippen LogP contribution in [0.3, 0.4) is 0 Å². The van der Waals surface area contributed by atoms with Gasteiger partial charge in [0.2, 0.25) is 11.8 Å². The summed E-state index contributed by atoms with van der Waals surface area (Å²) in [6, 6.07) is 10.6. The first-order valence-electron chi connectivity index (χ1n) is 14.7. The highest BCUT2D eigenvalue weighted by molar-refractivity contribution is 6.01. The fraction of sp³-hybridized carbons (Fsp3) is 0.419. The average Bonchev–Trinajstić information content (AvgIpc) is 3.03. The number of likely N-dealkylation sites (tertiary alicyclic amines) is 1. The lowest BCUT2D eigenvalue weighted by atomic mass is 10.0. The molecular weight excluding hydrogens is 552 g/mol. The van der Waals surface area contributed by atoms with E-state index in [0.717, 1.165) is 30.2 Å². The monoisotopic (exact) mass is 588 g/mol. The molecule has 0 unspecified atom stereocenters. The zero-order valence-corrected chi connectivity index (χ0v) is 24.1. The van der Waals surface area contributed by atoms with Gasteiger partial charge in [-0.15, -0.1) is 0 Å². The Bertz CT molecular complexity index is 1650.